The van der Waals surface area contributed by atoms with E-state index in [1.54, 1.807) is 29.6 Å². The zero-order valence-electron chi connectivity index (χ0n) is 10.4. The van der Waals surface area contributed by atoms with Crippen molar-refractivity contribution in [2.24, 2.45) is 0 Å². The number of aromatic nitrogens is 6. The van der Waals surface area contributed by atoms with Gasteiger partial charge in [0.25, 0.3) is 0 Å². The maximum Gasteiger partial charge on any atom is 0.180 e. The molecule has 7 nitrogen and oxygen atoms in total. The molecule has 98 valence electrons. The molecule has 7 heteroatoms. The predicted molar refractivity (Wildman–Crippen MR) is 70.7 cm³/mol. The summed E-state index contributed by atoms with van der Waals surface area (Å²) in [4.78, 5) is 15.4. The van der Waals surface area contributed by atoms with Crippen molar-refractivity contribution in [3.8, 4) is 11.1 Å². The summed E-state index contributed by atoms with van der Waals surface area (Å²) < 4.78 is 7.01. The fourth-order valence-corrected chi connectivity index (χ4v) is 2.15. The van der Waals surface area contributed by atoms with E-state index in [9.17, 15) is 0 Å². The number of nitrogens with zero attached hydrogens (tertiary/aromatic N) is 5. The summed E-state index contributed by atoms with van der Waals surface area (Å²) in [7, 11) is 0. The molecule has 0 spiro atoms. The number of pyridine rings is 1. The molecule has 1 N–H and O–H groups in total. The molecule has 4 aromatic heterocycles. The smallest absolute Gasteiger partial charge is 0.180 e. The summed E-state index contributed by atoms with van der Waals surface area (Å²) in [5, 5.41) is 4.33. The van der Waals surface area contributed by atoms with Crippen LogP contribution < -0.4 is 0 Å². The molecule has 0 aromatic carbocycles. The second kappa shape index (κ2) is 4.30. The Labute approximate surface area is 113 Å². The van der Waals surface area contributed by atoms with Crippen molar-refractivity contribution in [1.29, 1.82) is 0 Å². The molecule has 0 aliphatic rings. The average molecular weight is 266 g/mol. The molecule has 20 heavy (non-hydrogen) atoms. The molecule has 0 unspecified atom stereocenters. The van der Waals surface area contributed by atoms with Gasteiger partial charge in [-0.2, -0.15) is 5.10 Å². The Bertz CT molecular complexity index is 845. The van der Waals surface area contributed by atoms with Crippen LogP contribution in [0.3, 0.4) is 0 Å². The van der Waals surface area contributed by atoms with E-state index < -0.39 is 0 Å². The highest BCUT2D eigenvalue weighted by atomic mass is 16.3. The first-order chi connectivity index (χ1) is 9.90. The van der Waals surface area contributed by atoms with Gasteiger partial charge in [0.05, 0.1) is 18.7 Å². The number of imidazole rings is 1. The Morgan fingerprint density at radius 1 is 1.25 bits per heavy atom. The quantitative estimate of drug-likeness (QED) is 0.611. The average Bonchev–Trinajstić information content (AvgIpc) is 3.19. The molecular formula is C13H10N6O. The lowest BCUT2D eigenvalue weighted by Gasteiger charge is -1.98. The van der Waals surface area contributed by atoms with E-state index in [0.29, 0.717) is 6.54 Å². The minimum atomic E-state index is 0.550. The number of aromatic amines is 1. The molecule has 0 aliphatic carbocycles. The number of hydrogen-bond acceptors (Lipinski definition) is 5. The monoisotopic (exact) mass is 266 g/mol. The number of fused-ring (bicyclic) bond motifs is 1. The van der Waals surface area contributed by atoms with Gasteiger partial charge in [-0.25, -0.2) is 15.0 Å². The molecule has 0 saturated heterocycles. The molecule has 0 bridgehead atoms. The van der Waals surface area contributed by atoms with E-state index >= 15 is 0 Å². The number of rotatable bonds is 3. The highest BCUT2D eigenvalue weighted by molar-refractivity contribution is 5.88. The molecule has 0 aliphatic heterocycles. The Balaban J connectivity index is 1.72. The van der Waals surface area contributed by atoms with E-state index in [-0.39, 0.29) is 0 Å². The molecule has 0 radical (unpaired) electrons. The van der Waals surface area contributed by atoms with Gasteiger partial charge in [-0.15, -0.1) is 0 Å². The molecule has 0 amide bonds. The fraction of sp³-hybridized carbons (Fsp3) is 0.0769. The maximum absolute atomic E-state index is 5.21. The normalized spacial score (nSPS) is 11.2. The first-order valence-electron chi connectivity index (χ1n) is 6.08. The first-order valence-corrected chi connectivity index (χ1v) is 6.08. The van der Waals surface area contributed by atoms with Crippen LogP contribution in [0.4, 0.5) is 0 Å². The van der Waals surface area contributed by atoms with Gasteiger partial charge >= 0.3 is 0 Å². The lowest BCUT2D eigenvalue weighted by Crippen LogP contribution is -1.98. The minimum Gasteiger partial charge on any atom is -0.447 e. The lowest BCUT2D eigenvalue weighted by atomic mass is 10.1. The van der Waals surface area contributed by atoms with Crippen LogP contribution in [0, 0.1) is 0 Å². The third kappa shape index (κ3) is 1.76. The fourth-order valence-electron chi connectivity index (χ4n) is 2.15. The number of H-pyrrole nitrogens is 1. The SMILES string of the molecule is c1cc(-c2cnn(Cc3cnco3)c2)c2nc[nH]c2n1. The van der Waals surface area contributed by atoms with Crippen LogP contribution in [0.15, 0.2) is 48.0 Å². The van der Waals surface area contributed by atoms with Crippen molar-refractivity contribution in [2.75, 3.05) is 0 Å². The van der Waals surface area contributed by atoms with Crippen LogP contribution in [0.1, 0.15) is 5.76 Å². The van der Waals surface area contributed by atoms with Gasteiger partial charge in [0.15, 0.2) is 12.0 Å². The Hall–Kier alpha value is -2.96. The molecule has 0 atom stereocenters. The van der Waals surface area contributed by atoms with Crippen molar-refractivity contribution in [3.05, 3.63) is 49.3 Å². The Morgan fingerprint density at radius 3 is 3.15 bits per heavy atom. The van der Waals surface area contributed by atoms with Gasteiger partial charge in [-0.1, -0.05) is 0 Å². The van der Waals surface area contributed by atoms with Crippen LogP contribution >= 0.6 is 0 Å². The third-order valence-electron chi connectivity index (χ3n) is 3.06. The van der Waals surface area contributed by atoms with E-state index in [4.69, 9.17) is 4.42 Å². The molecule has 0 fully saturated rings. The van der Waals surface area contributed by atoms with Crippen molar-refractivity contribution in [3.63, 3.8) is 0 Å². The topological polar surface area (TPSA) is 85.4 Å². The van der Waals surface area contributed by atoms with E-state index in [1.165, 1.54) is 6.39 Å². The molecule has 4 heterocycles. The summed E-state index contributed by atoms with van der Waals surface area (Å²) in [6.45, 7) is 0.550. The van der Waals surface area contributed by atoms with E-state index in [0.717, 1.165) is 28.1 Å². The Kier molecular flexibility index (Phi) is 2.35. The van der Waals surface area contributed by atoms with E-state index in [2.05, 4.69) is 25.0 Å². The zero-order valence-corrected chi connectivity index (χ0v) is 10.4. The molecule has 4 aromatic rings. The van der Waals surface area contributed by atoms with Crippen LogP contribution in [0.5, 0.6) is 0 Å². The first kappa shape index (κ1) is 10.9. The van der Waals surface area contributed by atoms with Crippen LogP contribution in [-0.4, -0.2) is 29.7 Å². The standard InChI is InChI=1S/C13H10N6O/c1-2-15-13-12(16-7-17-13)11(1)9-3-18-19(5-9)6-10-4-14-8-20-10/h1-5,7-8H,6H2,(H,15,16,17). The van der Waals surface area contributed by atoms with Gasteiger partial charge in [0.1, 0.15) is 17.8 Å². The zero-order chi connectivity index (χ0) is 13.4. The van der Waals surface area contributed by atoms with Crippen molar-refractivity contribution >= 4 is 11.2 Å². The largest absolute Gasteiger partial charge is 0.447 e. The summed E-state index contributed by atoms with van der Waals surface area (Å²) in [6, 6.07) is 1.93. The lowest BCUT2D eigenvalue weighted by molar-refractivity contribution is 0.476. The molecule has 0 saturated carbocycles. The summed E-state index contributed by atoms with van der Waals surface area (Å²) in [5.41, 5.74) is 3.60. The van der Waals surface area contributed by atoms with Gasteiger partial charge in [0, 0.05) is 23.5 Å². The van der Waals surface area contributed by atoms with Crippen molar-refractivity contribution in [1.82, 2.24) is 29.7 Å². The van der Waals surface area contributed by atoms with Gasteiger partial charge in [-0.05, 0) is 6.07 Å². The Morgan fingerprint density at radius 2 is 2.25 bits per heavy atom. The highest BCUT2D eigenvalue weighted by Crippen LogP contribution is 2.24. The van der Waals surface area contributed by atoms with Crippen LogP contribution in [0.25, 0.3) is 22.3 Å². The highest BCUT2D eigenvalue weighted by Gasteiger charge is 2.09. The summed E-state index contributed by atoms with van der Waals surface area (Å²) in [5.74, 6) is 0.763. The maximum atomic E-state index is 5.21. The predicted octanol–water partition coefficient (Wildman–Crippen LogP) is 1.86. The number of hydrogen-bond donors (Lipinski definition) is 1. The second-order valence-corrected chi connectivity index (χ2v) is 4.35. The van der Waals surface area contributed by atoms with Crippen molar-refractivity contribution < 1.29 is 4.42 Å². The van der Waals surface area contributed by atoms with Gasteiger partial charge < -0.3 is 9.40 Å². The second-order valence-electron chi connectivity index (χ2n) is 4.35. The van der Waals surface area contributed by atoms with Crippen LogP contribution in [0.2, 0.25) is 0 Å². The van der Waals surface area contributed by atoms with Crippen molar-refractivity contribution in [2.45, 2.75) is 6.54 Å². The number of oxazole rings is 1. The van der Waals surface area contributed by atoms with Gasteiger partial charge in [-0.3, -0.25) is 4.68 Å². The van der Waals surface area contributed by atoms with Crippen LogP contribution in [-0.2, 0) is 6.54 Å². The summed E-state index contributed by atoms with van der Waals surface area (Å²) in [6.07, 6.45) is 10.2. The minimum absolute atomic E-state index is 0.550. The summed E-state index contributed by atoms with van der Waals surface area (Å²) >= 11 is 0. The molecular weight excluding hydrogens is 256 g/mol. The molecule has 4 rings (SSSR count). The third-order valence-corrected chi connectivity index (χ3v) is 3.06. The number of nitrogens with one attached hydrogen (secondary N) is 1. The van der Waals surface area contributed by atoms with Gasteiger partial charge in [0.2, 0.25) is 0 Å². The van der Waals surface area contributed by atoms with E-state index in [1.807, 2.05) is 12.3 Å².